The Hall–Kier alpha value is -1.59. The Labute approximate surface area is 211 Å². The SMILES string of the molecule is COC(=O)CC[C@H](C)[C@@H]1CC[C@@H]2[C@H]3CC[C@H]4CCCC[C@]4(C)[C@@H]3[C@@H](OC(C)=O)[C@@H](OC(C)=O)[C@]21C. The second-order valence-electron chi connectivity index (χ2n) is 12.6. The molecule has 4 rings (SSSR count). The van der Waals surface area contributed by atoms with E-state index in [0.717, 1.165) is 25.7 Å². The van der Waals surface area contributed by atoms with Crippen LogP contribution in [0.3, 0.4) is 0 Å². The molecule has 0 spiro atoms. The highest BCUT2D eigenvalue weighted by atomic mass is 16.6. The van der Waals surface area contributed by atoms with Crippen LogP contribution < -0.4 is 0 Å². The molecule has 0 aromatic heterocycles. The van der Waals surface area contributed by atoms with Gasteiger partial charge in [-0.2, -0.15) is 0 Å². The van der Waals surface area contributed by atoms with Gasteiger partial charge in [-0.3, -0.25) is 14.4 Å². The molecule has 6 nitrogen and oxygen atoms in total. The summed E-state index contributed by atoms with van der Waals surface area (Å²) in [5.74, 6) is 1.55. The van der Waals surface area contributed by atoms with Crippen molar-refractivity contribution in [2.24, 2.45) is 46.3 Å². The van der Waals surface area contributed by atoms with Crippen molar-refractivity contribution in [3.8, 4) is 0 Å². The first-order valence-electron chi connectivity index (χ1n) is 13.9. The van der Waals surface area contributed by atoms with Gasteiger partial charge in [-0.1, -0.05) is 33.6 Å². The average Bonchev–Trinajstić information content (AvgIpc) is 3.16. The molecule has 10 atom stereocenters. The molecule has 0 bridgehead atoms. The van der Waals surface area contributed by atoms with Gasteiger partial charge in [0.1, 0.15) is 12.2 Å². The standard InChI is InChI=1S/C29H46O6/c1-17(10-15-24(32)33-6)22-13-14-23-21-12-11-20-9-7-8-16-28(20,4)25(21)26(34-18(2)30)27(29(22,23)5)35-19(3)31/h17,20-23,25-27H,7-16H2,1-6H3/t17-,20+,21+,22-,23+,25-,26+,27+,28-,29-/m0/s1. The van der Waals surface area contributed by atoms with Crippen LogP contribution >= 0.6 is 0 Å². The number of esters is 3. The van der Waals surface area contributed by atoms with Gasteiger partial charge in [0, 0.05) is 31.6 Å². The van der Waals surface area contributed by atoms with Crippen molar-refractivity contribution in [1.29, 1.82) is 0 Å². The van der Waals surface area contributed by atoms with Crippen LogP contribution in [0.4, 0.5) is 0 Å². The van der Waals surface area contributed by atoms with E-state index >= 15 is 0 Å². The number of fused-ring (bicyclic) bond motifs is 5. The summed E-state index contributed by atoms with van der Waals surface area (Å²) in [4.78, 5) is 36.9. The van der Waals surface area contributed by atoms with Gasteiger partial charge in [0.15, 0.2) is 0 Å². The molecule has 0 radical (unpaired) electrons. The number of hydrogen-bond donors (Lipinski definition) is 0. The Morgan fingerprint density at radius 2 is 1.66 bits per heavy atom. The predicted octanol–water partition coefficient (Wildman–Crippen LogP) is 5.71. The molecule has 0 aromatic carbocycles. The van der Waals surface area contributed by atoms with Crippen molar-refractivity contribution < 1.29 is 28.6 Å². The van der Waals surface area contributed by atoms with Gasteiger partial charge >= 0.3 is 17.9 Å². The summed E-state index contributed by atoms with van der Waals surface area (Å²) in [7, 11) is 1.43. The zero-order valence-electron chi connectivity index (χ0n) is 22.6. The van der Waals surface area contributed by atoms with E-state index in [4.69, 9.17) is 14.2 Å². The Bertz CT molecular complexity index is 824. The minimum absolute atomic E-state index is 0.107. The summed E-state index contributed by atoms with van der Waals surface area (Å²) in [6.45, 7) is 9.91. The molecule has 0 N–H and O–H groups in total. The van der Waals surface area contributed by atoms with Gasteiger partial charge in [-0.25, -0.2) is 0 Å². The van der Waals surface area contributed by atoms with Crippen molar-refractivity contribution in [3.05, 3.63) is 0 Å². The van der Waals surface area contributed by atoms with E-state index in [1.165, 1.54) is 53.1 Å². The van der Waals surface area contributed by atoms with Crippen LogP contribution in [0.25, 0.3) is 0 Å². The first-order chi connectivity index (χ1) is 16.5. The largest absolute Gasteiger partial charge is 0.469 e. The number of ether oxygens (including phenoxy) is 3. The smallest absolute Gasteiger partial charge is 0.305 e. The molecular formula is C29H46O6. The van der Waals surface area contributed by atoms with Crippen LogP contribution in [-0.2, 0) is 28.6 Å². The second kappa shape index (κ2) is 10.0. The molecule has 198 valence electrons. The third-order valence-corrected chi connectivity index (χ3v) is 11.0. The predicted molar refractivity (Wildman–Crippen MR) is 132 cm³/mol. The summed E-state index contributed by atoms with van der Waals surface area (Å²) in [5, 5.41) is 0. The molecule has 4 fully saturated rings. The highest BCUT2D eigenvalue weighted by Gasteiger charge is 2.69. The zero-order valence-corrected chi connectivity index (χ0v) is 22.6. The molecule has 35 heavy (non-hydrogen) atoms. The minimum Gasteiger partial charge on any atom is -0.469 e. The van der Waals surface area contributed by atoms with E-state index in [1.807, 2.05) is 0 Å². The summed E-state index contributed by atoms with van der Waals surface area (Å²) >= 11 is 0. The van der Waals surface area contributed by atoms with Crippen LogP contribution in [0.5, 0.6) is 0 Å². The van der Waals surface area contributed by atoms with E-state index in [2.05, 4.69) is 20.8 Å². The lowest BCUT2D eigenvalue weighted by molar-refractivity contribution is -0.246. The van der Waals surface area contributed by atoms with E-state index in [9.17, 15) is 14.4 Å². The Balaban J connectivity index is 1.76. The summed E-state index contributed by atoms with van der Waals surface area (Å²) < 4.78 is 17.3. The molecule has 0 unspecified atom stereocenters. The fourth-order valence-corrected chi connectivity index (χ4v) is 9.62. The van der Waals surface area contributed by atoms with Crippen LogP contribution in [-0.4, -0.2) is 37.2 Å². The Morgan fingerprint density at radius 1 is 0.943 bits per heavy atom. The maximum Gasteiger partial charge on any atom is 0.305 e. The first-order valence-corrected chi connectivity index (χ1v) is 13.9. The fraction of sp³-hybridized carbons (Fsp3) is 0.897. The fourth-order valence-electron chi connectivity index (χ4n) is 9.62. The number of methoxy groups -OCH3 is 1. The monoisotopic (exact) mass is 490 g/mol. The van der Waals surface area contributed by atoms with Gasteiger partial charge in [0.05, 0.1) is 7.11 Å². The number of carbonyl (C=O) groups is 3. The third kappa shape index (κ3) is 4.52. The maximum atomic E-state index is 12.5. The summed E-state index contributed by atoms with van der Waals surface area (Å²) in [6, 6.07) is 0. The van der Waals surface area contributed by atoms with Gasteiger partial charge in [0.25, 0.3) is 0 Å². The maximum absolute atomic E-state index is 12.5. The molecule has 0 heterocycles. The molecule has 0 amide bonds. The highest BCUT2D eigenvalue weighted by Crippen LogP contribution is 2.69. The van der Waals surface area contributed by atoms with Crippen LogP contribution in [0.1, 0.15) is 98.8 Å². The lowest BCUT2D eigenvalue weighted by atomic mass is 9.43. The number of carbonyl (C=O) groups excluding carboxylic acids is 3. The molecular weight excluding hydrogens is 444 g/mol. The molecule has 0 aromatic rings. The third-order valence-electron chi connectivity index (χ3n) is 11.0. The van der Waals surface area contributed by atoms with Gasteiger partial charge < -0.3 is 14.2 Å². The first kappa shape index (κ1) is 26.5. The number of hydrogen-bond acceptors (Lipinski definition) is 6. The highest BCUT2D eigenvalue weighted by molar-refractivity contribution is 5.69. The average molecular weight is 491 g/mol. The summed E-state index contributed by atoms with van der Waals surface area (Å²) in [5.41, 5.74) is -0.185. The summed E-state index contributed by atoms with van der Waals surface area (Å²) in [6.07, 6.45) is 9.75. The van der Waals surface area contributed by atoms with E-state index < -0.39 is 12.2 Å². The zero-order chi connectivity index (χ0) is 25.5. The van der Waals surface area contributed by atoms with Crippen LogP contribution in [0, 0.1) is 46.3 Å². The van der Waals surface area contributed by atoms with E-state index in [0.29, 0.717) is 24.2 Å². The molecule has 6 heteroatoms. The van der Waals surface area contributed by atoms with Crippen LogP contribution in [0.15, 0.2) is 0 Å². The number of rotatable bonds is 6. The quantitative estimate of drug-likeness (QED) is 0.351. The molecule has 4 saturated carbocycles. The van der Waals surface area contributed by atoms with E-state index in [1.54, 1.807) is 0 Å². The van der Waals surface area contributed by atoms with Crippen molar-refractivity contribution in [2.45, 2.75) is 111 Å². The lowest BCUT2D eigenvalue weighted by Crippen LogP contribution is -2.66. The Morgan fingerprint density at radius 3 is 2.31 bits per heavy atom. The molecule has 0 saturated heterocycles. The molecule has 4 aliphatic rings. The second-order valence-corrected chi connectivity index (χ2v) is 12.6. The topological polar surface area (TPSA) is 78.9 Å². The van der Waals surface area contributed by atoms with Crippen molar-refractivity contribution in [3.63, 3.8) is 0 Å². The normalized spacial score (nSPS) is 43.2. The molecule has 0 aliphatic heterocycles. The van der Waals surface area contributed by atoms with E-state index in [-0.39, 0.29) is 46.5 Å². The van der Waals surface area contributed by atoms with Crippen molar-refractivity contribution >= 4 is 17.9 Å². The minimum atomic E-state index is -0.458. The molecule has 4 aliphatic carbocycles. The van der Waals surface area contributed by atoms with Gasteiger partial charge in [-0.15, -0.1) is 0 Å². The van der Waals surface area contributed by atoms with Gasteiger partial charge in [0.2, 0.25) is 0 Å². The lowest BCUT2D eigenvalue weighted by Gasteiger charge is -2.64. The van der Waals surface area contributed by atoms with Gasteiger partial charge in [-0.05, 0) is 80.0 Å². The van der Waals surface area contributed by atoms with Crippen LogP contribution in [0.2, 0.25) is 0 Å². The Kier molecular flexibility index (Phi) is 7.60. The van der Waals surface area contributed by atoms with Crippen molar-refractivity contribution in [2.75, 3.05) is 7.11 Å². The van der Waals surface area contributed by atoms with Crippen molar-refractivity contribution in [1.82, 2.24) is 0 Å².